The third-order valence-electron chi connectivity index (χ3n) is 3.95. The molecule has 0 heterocycles. The summed E-state index contributed by atoms with van der Waals surface area (Å²) in [6.07, 6.45) is 3.58. The van der Waals surface area contributed by atoms with Crippen molar-refractivity contribution in [3.05, 3.63) is 108 Å². The molecular formula is C23H20N2O. The Bertz CT molecular complexity index is 942. The predicted octanol–water partition coefficient (Wildman–Crippen LogP) is 5.32. The second kappa shape index (κ2) is 8.58. The molecule has 0 unspecified atom stereocenters. The predicted molar refractivity (Wildman–Crippen MR) is 109 cm³/mol. The van der Waals surface area contributed by atoms with Crippen LogP contribution in [0.3, 0.4) is 0 Å². The van der Waals surface area contributed by atoms with E-state index in [2.05, 4.69) is 29.3 Å². The molecule has 0 fully saturated rings. The van der Waals surface area contributed by atoms with Crippen molar-refractivity contribution in [3.8, 4) is 5.75 Å². The van der Waals surface area contributed by atoms with Gasteiger partial charge < -0.3 is 5.11 Å². The number of benzene rings is 3. The van der Waals surface area contributed by atoms with Gasteiger partial charge in [-0.15, -0.1) is 0 Å². The van der Waals surface area contributed by atoms with Crippen LogP contribution in [0.4, 0.5) is 0 Å². The molecule has 3 nitrogen and oxygen atoms in total. The van der Waals surface area contributed by atoms with E-state index in [0.717, 1.165) is 22.4 Å². The van der Waals surface area contributed by atoms with E-state index in [1.165, 1.54) is 0 Å². The van der Waals surface area contributed by atoms with Crippen LogP contribution in [0.25, 0.3) is 5.57 Å². The molecule has 26 heavy (non-hydrogen) atoms. The molecule has 3 aromatic rings. The van der Waals surface area contributed by atoms with Gasteiger partial charge >= 0.3 is 0 Å². The number of rotatable bonds is 5. The highest BCUT2D eigenvalue weighted by Crippen LogP contribution is 2.16. The van der Waals surface area contributed by atoms with Crippen molar-refractivity contribution >= 4 is 17.5 Å². The molecule has 1 N–H and O–H groups in total. The molecule has 0 aliphatic carbocycles. The van der Waals surface area contributed by atoms with Gasteiger partial charge in [0.15, 0.2) is 0 Å². The summed E-state index contributed by atoms with van der Waals surface area (Å²) in [5.74, 6) is 0.184. The minimum absolute atomic E-state index is 0.184. The standard InChI is InChI=1S/C23H20N2O/c1-18(19-10-4-2-5-11-19)16-22(20-12-6-3-7-13-20)25-24-17-21-14-8-9-15-23(21)26/h2-17,26H,1H3/b18-16+,24-17+,25-22-. The summed E-state index contributed by atoms with van der Waals surface area (Å²) in [4.78, 5) is 0. The molecule has 0 atom stereocenters. The second-order valence-electron chi connectivity index (χ2n) is 5.85. The van der Waals surface area contributed by atoms with Crippen LogP contribution in [0.15, 0.2) is 101 Å². The van der Waals surface area contributed by atoms with Crippen molar-refractivity contribution in [1.29, 1.82) is 0 Å². The molecule has 0 aromatic heterocycles. The molecule has 0 bridgehead atoms. The van der Waals surface area contributed by atoms with Gasteiger partial charge in [-0.25, -0.2) is 0 Å². The van der Waals surface area contributed by atoms with Gasteiger partial charge in [0, 0.05) is 11.1 Å². The van der Waals surface area contributed by atoms with Gasteiger partial charge in [0.05, 0.1) is 11.9 Å². The molecular weight excluding hydrogens is 320 g/mol. The second-order valence-corrected chi connectivity index (χ2v) is 5.85. The Morgan fingerprint density at radius 2 is 1.35 bits per heavy atom. The van der Waals surface area contributed by atoms with Crippen molar-refractivity contribution in [2.24, 2.45) is 10.2 Å². The summed E-state index contributed by atoms with van der Waals surface area (Å²) in [5.41, 5.74) is 4.62. The van der Waals surface area contributed by atoms with Crippen LogP contribution in [0, 0.1) is 0 Å². The third-order valence-corrected chi connectivity index (χ3v) is 3.95. The Labute approximate surface area is 153 Å². The fourth-order valence-electron chi connectivity index (χ4n) is 2.52. The Morgan fingerprint density at radius 3 is 2.00 bits per heavy atom. The van der Waals surface area contributed by atoms with Crippen LogP contribution in [0.5, 0.6) is 5.75 Å². The van der Waals surface area contributed by atoms with Crippen LogP contribution in [0.2, 0.25) is 0 Å². The summed E-state index contributed by atoms with van der Waals surface area (Å²) in [7, 11) is 0. The lowest BCUT2D eigenvalue weighted by Crippen LogP contribution is -1.97. The average Bonchev–Trinajstić information content (AvgIpc) is 2.70. The van der Waals surface area contributed by atoms with Crippen molar-refractivity contribution < 1.29 is 5.11 Å². The Kier molecular flexibility index (Phi) is 5.73. The van der Waals surface area contributed by atoms with Crippen LogP contribution in [-0.4, -0.2) is 17.0 Å². The molecule has 0 aliphatic rings. The van der Waals surface area contributed by atoms with Crippen LogP contribution in [-0.2, 0) is 0 Å². The molecule has 0 saturated heterocycles. The topological polar surface area (TPSA) is 45.0 Å². The summed E-state index contributed by atoms with van der Waals surface area (Å²) in [6.45, 7) is 2.06. The molecule has 3 rings (SSSR count). The first-order valence-electron chi connectivity index (χ1n) is 8.42. The SMILES string of the molecule is C\C(=C/C(=N/N=C/c1ccccc1O)c1ccccc1)c1ccccc1. The van der Waals surface area contributed by atoms with Gasteiger partial charge in [-0.05, 0) is 36.3 Å². The van der Waals surface area contributed by atoms with E-state index >= 15 is 0 Å². The number of nitrogens with zero attached hydrogens (tertiary/aromatic N) is 2. The van der Waals surface area contributed by atoms with Gasteiger partial charge in [0.2, 0.25) is 0 Å². The van der Waals surface area contributed by atoms with E-state index in [1.807, 2.05) is 60.7 Å². The highest BCUT2D eigenvalue weighted by molar-refractivity contribution is 6.12. The molecule has 0 radical (unpaired) electrons. The lowest BCUT2D eigenvalue weighted by Gasteiger charge is -2.04. The maximum atomic E-state index is 9.84. The highest BCUT2D eigenvalue weighted by Gasteiger charge is 2.03. The van der Waals surface area contributed by atoms with Crippen molar-refractivity contribution in [2.75, 3.05) is 0 Å². The first-order valence-corrected chi connectivity index (χ1v) is 8.42. The monoisotopic (exact) mass is 340 g/mol. The molecule has 3 heteroatoms. The van der Waals surface area contributed by atoms with Crippen molar-refractivity contribution in [2.45, 2.75) is 6.92 Å². The molecule has 0 aliphatic heterocycles. The zero-order valence-electron chi connectivity index (χ0n) is 14.6. The van der Waals surface area contributed by atoms with E-state index < -0.39 is 0 Å². The summed E-state index contributed by atoms with van der Waals surface area (Å²) < 4.78 is 0. The number of phenols is 1. The normalized spacial score (nSPS) is 12.5. The van der Waals surface area contributed by atoms with E-state index in [9.17, 15) is 5.11 Å². The quantitative estimate of drug-likeness (QED) is 0.496. The first-order chi connectivity index (χ1) is 12.7. The summed E-state index contributed by atoms with van der Waals surface area (Å²) in [6, 6.07) is 27.1. The molecule has 0 saturated carbocycles. The largest absolute Gasteiger partial charge is 0.507 e. The summed E-state index contributed by atoms with van der Waals surface area (Å²) >= 11 is 0. The van der Waals surface area contributed by atoms with E-state index in [4.69, 9.17) is 0 Å². The lowest BCUT2D eigenvalue weighted by atomic mass is 10.0. The fourth-order valence-corrected chi connectivity index (χ4v) is 2.52. The number of aromatic hydroxyl groups is 1. The first kappa shape index (κ1) is 17.4. The smallest absolute Gasteiger partial charge is 0.124 e. The number of allylic oxidation sites excluding steroid dienone is 2. The van der Waals surface area contributed by atoms with Gasteiger partial charge in [0.1, 0.15) is 5.75 Å². The van der Waals surface area contributed by atoms with E-state index in [1.54, 1.807) is 24.4 Å². The Morgan fingerprint density at radius 1 is 0.769 bits per heavy atom. The number of phenolic OH excluding ortho intramolecular Hbond substituents is 1. The number of hydrogen-bond donors (Lipinski definition) is 1. The number of hydrogen-bond acceptors (Lipinski definition) is 3. The van der Waals surface area contributed by atoms with Crippen molar-refractivity contribution in [1.82, 2.24) is 0 Å². The Balaban J connectivity index is 1.95. The van der Waals surface area contributed by atoms with Crippen LogP contribution in [0.1, 0.15) is 23.6 Å². The molecule has 0 spiro atoms. The molecule has 0 amide bonds. The third kappa shape index (κ3) is 4.54. The Hall–Kier alpha value is -3.46. The maximum absolute atomic E-state index is 9.84. The average molecular weight is 340 g/mol. The lowest BCUT2D eigenvalue weighted by molar-refractivity contribution is 0.474. The fraction of sp³-hybridized carbons (Fsp3) is 0.0435. The number of para-hydroxylation sites is 1. The highest BCUT2D eigenvalue weighted by atomic mass is 16.3. The van der Waals surface area contributed by atoms with Crippen LogP contribution >= 0.6 is 0 Å². The van der Waals surface area contributed by atoms with Gasteiger partial charge in [0.25, 0.3) is 0 Å². The van der Waals surface area contributed by atoms with Gasteiger partial charge in [-0.1, -0.05) is 72.8 Å². The summed E-state index contributed by atoms with van der Waals surface area (Å²) in [5, 5.41) is 18.4. The zero-order valence-corrected chi connectivity index (χ0v) is 14.6. The zero-order chi connectivity index (χ0) is 18.2. The van der Waals surface area contributed by atoms with Crippen molar-refractivity contribution in [3.63, 3.8) is 0 Å². The maximum Gasteiger partial charge on any atom is 0.124 e. The van der Waals surface area contributed by atoms with Crippen LogP contribution < -0.4 is 0 Å². The molecule has 128 valence electrons. The minimum Gasteiger partial charge on any atom is -0.507 e. The van der Waals surface area contributed by atoms with E-state index in [0.29, 0.717) is 5.56 Å². The van der Waals surface area contributed by atoms with Gasteiger partial charge in [-0.3, -0.25) is 0 Å². The van der Waals surface area contributed by atoms with E-state index in [-0.39, 0.29) is 5.75 Å². The minimum atomic E-state index is 0.184. The molecule has 3 aromatic carbocycles. The van der Waals surface area contributed by atoms with Gasteiger partial charge in [-0.2, -0.15) is 10.2 Å².